The zero-order chi connectivity index (χ0) is 13.2. The van der Waals surface area contributed by atoms with Crippen molar-refractivity contribution in [1.82, 2.24) is 5.32 Å². The van der Waals surface area contributed by atoms with Gasteiger partial charge in [-0.1, -0.05) is 44.2 Å². The highest BCUT2D eigenvalue weighted by molar-refractivity contribution is 7.98. The summed E-state index contributed by atoms with van der Waals surface area (Å²) >= 11 is 1.94. The van der Waals surface area contributed by atoms with Gasteiger partial charge in [-0.2, -0.15) is 11.8 Å². The maximum atomic E-state index is 3.61. The molecule has 18 heavy (non-hydrogen) atoms. The fourth-order valence-electron chi connectivity index (χ4n) is 2.19. The van der Waals surface area contributed by atoms with E-state index in [1.807, 2.05) is 11.8 Å². The third kappa shape index (κ3) is 5.92. The van der Waals surface area contributed by atoms with E-state index in [0.717, 1.165) is 13.1 Å². The molecule has 0 saturated carbocycles. The molecule has 0 bridgehead atoms. The molecule has 0 saturated heterocycles. The molecular weight excluding hydrogens is 238 g/mol. The first-order valence-corrected chi connectivity index (χ1v) is 8.39. The first kappa shape index (κ1) is 15.6. The molecular formula is C16H27NS. The Labute approximate surface area is 117 Å². The molecule has 0 spiro atoms. The Hall–Kier alpha value is -0.470. The van der Waals surface area contributed by atoms with Crippen LogP contribution in [0.25, 0.3) is 0 Å². The molecule has 102 valence electrons. The third-order valence-electron chi connectivity index (χ3n) is 3.35. The number of rotatable bonds is 9. The maximum absolute atomic E-state index is 3.61. The van der Waals surface area contributed by atoms with Crippen LogP contribution in [0, 0.1) is 5.92 Å². The molecule has 1 rings (SSSR count). The summed E-state index contributed by atoms with van der Waals surface area (Å²) in [5.41, 5.74) is 1.46. The number of thioether (sulfide) groups is 1. The molecule has 0 heterocycles. The highest BCUT2D eigenvalue weighted by atomic mass is 32.2. The van der Waals surface area contributed by atoms with E-state index in [0.29, 0.717) is 11.8 Å². The lowest BCUT2D eigenvalue weighted by Gasteiger charge is -2.22. The maximum Gasteiger partial charge on any atom is 0.00226 e. The lowest BCUT2D eigenvalue weighted by atomic mass is 9.88. The van der Waals surface area contributed by atoms with E-state index in [2.05, 4.69) is 55.8 Å². The van der Waals surface area contributed by atoms with Gasteiger partial charge in [-0.3, -0.25) is 0 Å². The Balaban J connectivity index is 2.31. The second-order valence-corrected chi connectivity index (χ2v) is 6.15. The zero-order valence-corrected chi connectivity index (χ0v) is 12.8. The summed E-state index contributed by atoms with van der Waals surface area (Å²) < 4.78 is 0. The molecule has 0 radical (unpaired) electrons. The topological polar surface area (TPSA) is 12.0 Å². The molecule has 1 aromatic rings. The number of nitrogens with one attached hydrogen (secondary N) is 1. The summed E-state index contributed by atoms with van der Waals surface area (Å²) in [6.07, 6.45) is 4.80. The van der Waals surface area contributed by atoms with Gasteiger partial charge in [0, 0.05) is 6.54 Å². The zero-order valence-electron chi connectivity index (χ0n) is 12.0. The lowest BCUT2D eigenvalue weighted by Crippen LogP contribution is -2.25. The highest BCUT2D eigenvalue weighted by Crippen LogP contribution is 2.23. The molecule has 1 atom stereocenters. The van der Waals surface area contributed by atoms with E-state index in [1.165, 1.54) is 24.2 Å². The first-order valence-electron chi connectivity index (χ1n) is 7.00. The second kappa shape index (κ2) is 9.46. The smallest absolute Gasteiger partial charge is 0.00226 e. The molecule has 0 aliphatic heterocycles. The minimum absolute atomic E-state index is 0.631. The highest BCUT2D eigenvalue weighted by Gasteiger charge is 2.14. The molecule has 2 heteroatoms. The first-order chi connectivity index (χ1) is 8.75. The van der Waals surface area contributed by atoms with Crippen LogP contribution in [0.3, 0.4) is 0 Å². The van der Waals surface area contributed by atoms with Crippen molar-refractivity contribution in [1.29, 1.82) is 0 Å². The van der Waals surface area contributed by atoms with E-state index in [1.54, 1.807) is 0 Å². The predicted molar refractivity (Wildman–Crippen MR) is 84.5 cm³/mol. The Morgan fingerprint density at radius 3 is 2.44 bits per heavy atom. The number of hydrogen-bond donors (Lipinski definition) is 1. The van der Waals surface area contributed by atoms with Crippen LogP contribution in [0.1, 0.15) is 38.2 Å². The molecule has 0 aromatic heterocycles. The normalized spacial score (nSPS) is 12.9. The second-order valence-electron chi connectivity index (χ2n) is 5.17. The van der Waals surface area contributed by atoms with Crippen molar-refractivity contribution in [3.8, 4) is 0 Å². The van der Waals surface area contributed by atoms with Crippen LogP contribution in [0.2, 0.25) is 0 Å². The van der Waals surface area contributed by atoms with Gasteiger partial charge < -0.3 is 5.32 Å². The van der Waals surface area contributed by atoms with E-state index in [4.69, 9.17) is 0 Å². The Bertz CT molecular complexity index is 297. The van der Waals surface area contributed by atoms with Gasteiger partial charge in [-0.05, 0) is 48.8 Å². The van der Waals surface area contributed by atoms with Crippen molar-refractivity contribution in [2.75, 3.05) is 25.1 Å². The van der Waals surface area contributed by atoms with Gasteiger partial charge in [-0.25, -0.2) is 0 Å². The van der Waals surface area contributed by atoms with Gasteiger partial charge >= 0.3 is 0 Å². The van der Waals surface area contributed by atoms with Crippen molar-refractivity contribution < 1.29 is 0 Å². The van der Waals surface area contributed by atoms with Crippen LogP contribution in [0.4, 0.5) is 0 Å². The van der Waals surface area contributed by atoms with E-state index < -0.39 is 0 Å². The lowest BCUT2D eigenvalue weighted by molar-refractivity contribution is 0.459. The quantitative estimate of drug-likeness (QED) is 0.673. The summed E-state index contributed by atoms with van der Waals surface area (Å²) in [5, 5.41) is 3.61. The molecule has 1 unspecified atom stereocenters. The van der Waals surface area contributed by atoms with Crippen LogP contribution >= 0.6 is 11.8 Å². The van der Waals surface area contributed by atoms with Crippen molar-refractivity contribution >= 4 is 11.8 Å². The predicted octanol–water partition coefficient (Wildman–Crippen LogP) is 4.16. The molecule has 1 nitrogen and oxygen atoms in total. The number of benzene rings is 1. The van der Waals surface area contributed by atoms with Crippen LogP contribution in [-0.2, 0) is 0 Å². The summed E-state index contributed by atoms with van der Waals surface area (Å²) in [6.45, 7) is 6.87. The third-order valence-corrected chi connectivity index (χ3v) is 4.05. The van der Waals surface area contributed by atoms with E-state index in [-0.39, 0.29) is 0 Å². The van der Waals surface area contributed by atoms with Crippen LogP contribution in [0.15, 0.2) is 30.3 Å². The van der Waals surface area contributed by atoms with Gasteiger partial charge in [0.05, 0.1) is 0 Å². The molecule has 0 amide bonds. The number of hydrogen-bond acceptors (Lipinski definition) is 2. The SMILES string of the molecule is CSCCCCNCC(c1ccccc1)C(C)C. The van der Waals surface area contributed by atoms with Gasteiger partial charge in [0.2, 0.25) is 0 Å². The van der Waals surface area contributed by atoms with Gasteiger partial charge in [-0.15, -0.1) is 0 Å². The summed E-state index contributed by atoms with van der Waals surface area (Å²) in [6, 6.07) is 10.9. The Kier molecular flexibility index (Phi) is 8.19. The van der Waals surface area contributed by atoms with E-state index >= 15 is 0 Å². The van der Waals surface area contributed by atoms with Gasteiger partial charge in [0.15, 0.2) is 0 Å². The Morgan fingerprint density at radius 2 is 1.83 bits per heavy atom. The molecule has 0 fully saturated rings. The summed E-state index contributed by atoms with van der Waals surface area (Å²) in [4.78, 5) is 0. The van der Waals surface area contributed by atoms with Crippen LogP contribution in [-0.4, -0.2) is 25.1 Å². The standard InChI is InChI=1S/C16H27NS/c1-14(2)16(15-9-5-4-6-10-15)13-17-11-7-8-12-18-3/h4-6,9-10,14,16-17H,7-8,11-13H2,1-3H3. The van der Waals surface area contributed by atoms with Gasteiger partial charge in [0.25, 0.3) is 0 Å². The number of unbranched alkanes of at least 4 members (excludes halogenated alkanes) is 1. The Morgan fingerprint density at radius 1 is 1.11 bits per heavy atom. The van der Waals surface area contributed by atoms with Crippen LogP contribution in [0.5, 0.6) is 0 Å². The molecule has 0 aliphatic carbocycles. The minimum Gasteiger partial charge on any atom is -0.316 e. The van der Waals surface area contributed by atoms with Crippen molar-refractivity contribution in [3.63, 3.8) is 0 Å². The summed E-state index contributed by atoms with van der Waals surface area (Å²) in [7, 11) is 0. The summed E-state index contributed by atoms with van der Waals surface area (Å²) in [5.74, 6) is 2.60. The van der Waals surface area contributed by atoms with Crippen molar-refractivity contribution in [2.45, 2.75) is 32.6 Å². The largest absolute Gasteiger partial charge is 0.316 e. The average Bonchev–Trinajstić information content (AvgIpc) is 2.38. The van der Waals surface area contributed by atoms with Crippen molar-refractivity contribution in [3.05, 3.63) is 35.9 Å². The fourth-order valence-corrected chi connectivity index (χ4v) is 2.69. The van der Waals surface area contributed by atoms with Crippen molar-refractivity contribution in [2.24, 2.45) is 5.92 Å². The molecule has 1 aromatic carbocycles. The molecule has 0 aliphatic rings. The average molecular weight is 265 g/mol. The van der Waals surface area contributed by atoms with Crippen LogP contribution < -0.4 is 5.32 Å². The fraction of sp³-hybridized carbons (Fsp3) is 0.625. The monoisotopic (exact) mass is 265 g/mol. The minimum atomic E-state index is 0.631. The molecule has 1 N–H and O–H groups in total. The van der Waals surface area contributed by atoms with Gasteiger partial charge in [0.1, 0.15) is 0 Å². The van der Waals surface area contributed by atoms with E-state index in [9.17, 15) is 0 Å².